The molecule has 2 heterocycles. The maximum absolute atomic E-state index is 5.35. The van der Waals surface area contributed by atoms with Gasteiger partial charge in [-0.2, -0.15) is 0 Å². The average molecular weight is 665 g/mol. The van der Waals surface area contributed by atoms with E-state index in [0.717, 1.165) is 77.2 Å². The second-order valence-corrected chi connectivity index (χ2v) is 13.3. The number of nitrogens with zero attached hydrogens (tertiary/aromatic N) is 2. The lowest BCUT2D eigenvalue weighted by Crippen LogP contribution is -1.95. The van der Waals surface area contributed by atoms with Crippen LogP contribution in [0.1, 0.15) is 30.7 Å². The van der Waals surface area contributed by atoms with Gasteiger partial charge in [-0.3, -0.25) is 0 Å². The summed E-state index contributed by atoms with van der Waals surface area (Å²) < 4.78 is 0. The molecule has 0 bridgehead atoms. The van der Waals surface area contributed by atoms with Crippen LogP contribution in [0.25, 0.3) is 105 Å². The number of rotatable bonds is 6. The van der Waals surface area contributed by atoms with E-state index in [-0.39, 0.29) is 0 Å². The highest BCUT2D eigenvalue weighted by atomic mass is 14.7. The topological polar surface area (TPSA) is 25.8 Å². The van der Waals surface area contributed by atoms with Crippen LogP contribution in [0, 0.1) is 0 Å². The molecule has 0 atom stereocenters. The first-order chi connectivity index (χ1) is 25.6. The van der Waals surface area contributed by atoms with Gasteiger partial charge in [-0.1, -0.05) is 147 Å². The van der Waals surface area contributed by atoms with Gasteiger partial charge in [0.2, 0.25) is 0 Å². The Bertz CT molecular complexity index is 3000. The molecule has 7 aromatic carbocycles. The van der Waals surface area contributed by atoms with Gasteiger partial charge in [0.25, 0.3) is 0 Å². The van der Waals surface area contributed by atoms with Crippen LogP contribution in [0.4, 0.5) is 0 Å². The number of hydrogen-bond donors (Lipinski definition) is 0. The molecule has 9 aromatic rings. The molecular weight excluding hydrogens is 629 g/mol. The van der Waals surface area contributed by atoms with Crippen LogP contribution in [0.15, 0.2) is 159 Å². The summed E-state index contributed by atoms with van der Waals surface area (Å²) in [4.78, 5) is 10.6. The molecule has 0 N–H and O–H groups in total. The minimum absolute atomic E-state index is 0.952. The molecule has 0 amide bonds. The monoisotopic (exact) mass is 664 g/mol. The van der Waals surface area contributed by atoms with E-state index in [9.17, 15) is 0 Å². The highest BCUT2D eigenvalue weighted by Crippen LogP contribution is 2.42. The van der Waals surface area contributed by atoms with E-state index >= 15 is 0 Å². The number of aromatic nitrogens is 2. The zero-order valence-electron chi connectivity index (χ0n) is 29.3. The summed E-state index contributed by atoms with van der Waals surface area (Å²) in [5, 5.41) is 11.7. The summed E-state index contributed by atoms with van der Waals surface area (Å²) in [5.41, 5.74) is 10.5. The summed E-state index contributed by atoms with van der Waals surface area (Å²) in [6.07, 6.45) is 10.3. The summed E-state index contributed by atoms with van der Waals surface area (Å²) >= 11 is 0. The van der Waals surface area contributed by atoms with E-state index in [4.69, 9.17) is 9.97 Å². The van der Waals surface area contributed by atoms with E-state index in [1.807, 2.05) is 12.2 Å². The predicted molar refractivity (Wildman–Crippen MR) is 227 cm³/mol. The Hall–Kier alpha value is -6.64. The number of benzene rings is 7. The third-order valence-corrected chi connectivity index (χ3v) is 10.4. The zero-order valence-corrected chi connectivity index (χ0v) is 29.3. The van der Waals surface area contributed by atoms with E-state index in [2.05, 4.69) is 173 Å². The van der Waals surface area contributed by atoms with E-state index < -0.39 is 0 Å². The maximum Gasteiger partial charge on any atom is 0.0788 e. The molecule has 0 saturated carbocycles. The van der Waals surface area contributed by atoms with Crippen molar-refractivity contribution >= 4 is 82.6 Å². The van der Waals surface area contributed by atoms with Gasteiger partial charge < -0.3 is 0 Å². The Balaban J connectivity index is 1.29. The first-order valence-corrected chi connectivity index (χ1v) is 17.8. The summed E-state index contributed by atoms with van der Waals surface area (Å²) in [5.74, 6) is 0. The van der Waals surface area contributed by atoms with Crippen LogP contribution in [0.5, 0.6) is 0 Å². The Morgan fingerprint density at radius 1 is 0.538 bits per heavy atom. The van der Waals surface area contributed by atoms with Crippen molar-refractivity contribution in [3.8, 4) is 22.4 Å². The third kappa shape index (κ3) is 4.87. The molecule has 0 radical (unpaired) electrons. The van der Waals surface area contributed by atoms with Gasteiger partial charge in [0.1, 0.15) is 0 Å². The van der Waals surface area contributed by atoms with Gasteiger partial charge in [-0.15, -0.1) is 0 Å². The number of fused-ring (bicyclic) bond motifs is 9. The molecule has 9 rings (SSSR count). The predicted octanol–water partition coefficient (Wildman–Crippen LogP) is 14.0. The summed E-state index contributed by atoms with van der Waals surface area (Å²) in [7, 11) is 0. The van der Waals surface area contributed by atoms with Crippen LogP contribution >= 0.6 is 0 Å². The van der Waals surface area contributed by atoms with Gasteiger partial charge in [0.15, 0.2) is 0 Å². The minimum Gasteiger partial charge on any atom is -0.247 e. The van der Waals surface area contributed by atoms with Gasteiger partial charge >= 0.3 is 0 Å². The van der Waals surface area contributed by atoms with Crippen LogP contribution in [0.3, 0.4) is 0 Å². The molecule has 0 spiro atoms. The van der Waals surface area contributed by atoms with Crippen molar-refractivity contribution < 1.29 is 0 Å². The molecular formula is C50H36N2. The number of hydrogen-bond acceptors (Lipinski definition) is 2. The molecule has 0 saturated heterocycles. The van der Waals surface area contributed by atoms with Crippen LogP contribution in [-0.4, -0.2) is 9.97 Å². The van der Waals surface area contributed by atoms with Crippen molar-refractivity contribution in [2.75, 3.05) is 0 Å². The van der Waals surface area contributed by atoms with Gasteiger partial charge in [-0.05, 0) is 87.5 Å². The quantitative estimate of drug-likeness (QED) is 0.100. The lowest BCUT2D eigenvalue weighted by atomic mass is 9.89. The Morgan fingerprint density at radius 2 is 1.23 bits per heavy atom. The molecule has 246 valence electrons. The van der Waals surface area contributed by atoms with Crippen molar-refractivity contribution in [2.24, 2.45) is 0 Å². The fraction of sp³-hybridized carbons (Fsp3) is 0.0400. The van der Waals surface area contributed by atoms with Crippen LogP contribution in [0.2, 0.25) is 0 Å². The number of para-hydroxylation sites is 1. The average Bonchev–Trinajstić information content (AvgIpc) is 3.20. The normalized spacial score (nSPS) is 12.2. The molecule has 2 nitrogen and oxygen atoms in total. The lowest BCUT2D eigenvalue weighted by Gasteiger charge is -2.17. The standard InChI is InChI=1S/C50H36N2/c1-5-15-32(7-3)49-44-30-42(38-18-11-12-19-39(38)48(44)40-20-13-14-21-45(40)51-49)33-22-24-34(25-23-33)50-41-27-26-31(6-2)37(8-4)47(41)43-28-35-16-9-10-17-36(35)29-46(43)52-50/h5-30H,2,4H2,1,3H3/b15-5-,32-7+. The first-order valence-electron chi connectivity index (χ1n) is 17.8. The van der Waals surface area contributed by atoms with E-state index in [0.29, 0.717) is 0 Å². The van der Waals surface area contributed by atoms with Gasteiger partial charge in [0, 0.05) is 37.9 Å². The fourth-order valence-electron chi connectivity index (χ4n) is 8.02. The molecule has 0 fully saturated rings. The third-order valence-electron chi connectivity index (χ3n) is 10.4. The number of pyridine rings is 2. The second-order valence-electron chi connectivity index (χ2n) is 13.3. The molecule has 2 aromatic heterocycles. The summed E-state index contributed by atoms with van der Waals surface area (Å²) in [6, 6.07) is 45.8. The first kappa shape index (κ1) is 31.3. The summed E-state index contributed by atoms with van der Waals surface area (Å²) in [6.45, 7) is 12.5. The maximum atomic E-state index is 5.35. The smallest absolute Gasteiger partial charge is 0.0788 e. The lowest BCUT2D eigenvalue weighted by molar-refractivity contribution is 1.38. The highest BCUT2D eigenvalue weighted by molar-refractivity contribution is 6.24. The zero-order chi connectivity index (χ0) is 35.3. The second kappa shape index (κ2) is 12.6. The van der Waals surface area contributed by atoms with Gasteiger partial charge in [0.05, 0.1) is 22.4 Å². The van der Waals surface area contributed by atoms with Crippen molar-refractivity contribution in [3.05, 3.63) is 176 Å². The minimum atomic E-state index is 0.952. The van der Waals surface area contributed by atoms with Crippen molar-refractivity contribution in [2.45, 2.75) is 13.8 Å². The molecule has 0 aliphatic carbocycles. The molecule has 2 heteroatoms. The van der Waals surface area contributed by atoms with Crippen molar-refractivity contribution in [1.29, 1.82) is 0 Å². The highest BCUT2D eigenvalue weighted by Gasteiger charge is 2.18. The molecule has 52 heavy (non-hydrogen) atoms. The Kier molecular flexibility index (Phi) is 7.60. The largest absolute Gasteiger partial charge is 0.247 e. The van der Waals surface area contributed by atoms with Gasteiger partial charge in [-0.25, -0.2) is 9.97 Å². The molecule has 0 aliphatic heterocycles. The Labute approximate surface area is 303 Å². The van der Waals surface area contributed by atoms with Crippen molar-refractivity contribution in [1.82, 2.24) is 9.97 Å². The SMILES string of the molecule is C=Cc1ccc2c(-c3ccc(-c4cc5c(C(/C=C\C)=C/C)nc6ccccc6c5c5ccccc45)cc3)nc3cc4ccccc4cc3c2c1C=C. The van der Waals surface area contributed by atoms with E-state index in [1.54, 1.807) is 0 Å². The number of allylic oxidation sites excluding steroid dienone is 4. The Morgan fingerprint density at radius 3 is 1.96 bits per heavy atom. The van der Waals surface area contributed by atoms with Crippen LogP contribution < -0.4 is 0 Å². The van der Waals surface area contributed by atoms with Crippen molar-refractivity contribution in [3.63, 3.8) is 0 Å². The van der Waals surface area contributed by atoms with Crippen LogP contribution in [-0.2, 0) is 0 Å². The molecule has 0 unspecified atom stereocenters. The molecule has 0 aliphatic rings. The van der Waals surface area contributed by atoms with E-state index in [1.165, 1.54) is 32.5 Å². The fourth-order valence-corrected chi connectivity index (χ4v) is 8.02.